The Kier molecular flexibility index (Phi) is 5.80. The molecule has 1 aliphatic rings. The zero-order valence-corrected chi connectivity index (χ0v) is 16.9. The van der Waals surface area contributed by atoms with E-state index in [0.29, 0.717) is 17.2 Å². The van der Waals surface area contributed by atoms with E-state index in [2.05, 4.69) is 17.3 Å². The van der Waals surface area contributed by atoms with Gasteiger partial charge >= 0.3 is 5.97 Å². The maximum atomic E-state index is 12.5. The summed E-state index contributed by atoms with van der Waals surface area (Å²) in [7, 11) is 3.24. The smallest absolute Gasteiger partial charge is 0.365 e. The lowest BCUT2D eigenvalue weighted by Crippen LogP contribution is -2.09. The minimum atomic E-state index is -0.493. The second kappa shape index (κ2) is 8.82. The molecule has 0 radical (unpaired) electrons. The topological polar surface area (TPSA) is 57.1 Å². The van der Waals surface area contributed by atoms with E-state index in [0.717, 1.165) is 23.4 Å². The van der Waals surface area contributed by atoms with Crippen LogP contribution in [0.25, 0.3) is 0 Å². The Bertz CT molecular complexity index is 1030. The van der Waals surface area contributed by atoms with Crippen molar-refractivity contribution in [1.29, 1.82) is 0 Å². The molecule has 0 spiro atoms. The summed E-state index contributed by atoms with van der Waals surface area (Å²) >= 11 is 0. The Morgan fingerprint density at radius 3 is 2.00 bits per heavy atom. The van der Waals surface area contributed by atoms with Crippen molar-refractivity contribution in [3.63, 3.8) is 0 Å². The van der Waals surface area contributed by atoms with Gasteiger partial charge < -0.3 is 14.3 Å². The molecule has 1 aliphatic carbocycles. The molecule has 152 valence electrons. The highest BCUT2D eigenvalue weighted by Crippen LogP contribution is 2.49. The lowest BCUT2D eigenvalue weighted by molar-refractivity contribution is 0.0515. The highest BCUT2D eigenvalue weighted by atomic mass is 16.7. The van der Waals surface area contributed by atoms with Crippen LogP contribution in [0.3, 0.4) is 0 Å². The predicted octanol–water partition coefficient (Wildman–Crippen LogP) is 5.07. The Labute approximate surface area is 175 Å². The molecule has 0 N–H and O–H groups in total. The van der Waals surface area contributed by atoms with E-state index in [-0.39, 0.29) is 5.92 Å². The molecular weight excluding hydrogens is 378 g/mol. The number of ether oxygens (including phenoxy) is 2. The van der Waals surface area contributed by atoms with Gasteiger partial charge in [0.1, 0.15) is 11.5 Å². The number of rotatable bonds is 7. The quantitative estimate of drug-likeness (QED) is 0.315. The van der Waals surface area contributed by atoms with Crippen LogP contribution in [0, 0.1) is 5.92 Å². The van der Waals surface area contributed by atoms with Gasteiger partial charge in [-0.2, -0.15) is 0 Å². The summed E-state index contributed by atoms with van der Waals surface area (Å²) in [6.07, 6.45) is 0.958. The molecule has 0 aliphatic heterocycles. The molecule has 0 saturated heterocycles. The predicted molar refractivity (Wildman–Crippen MR) is 115 cm³/mol. The first-order valence-electron chi connectivity index (χ1n) is 9.82. The molecule has 30 heavy (non-hydrogen) atoms. The average molecular weight is 401 g/mol. The van der Waals surface area contributed by atoms with Crippen LogP contribution in [-0.2, 0) is 4.84 Å². The third-order valence-corrected chi connectivity index (χ3v) is 5.31. The molecule has 0 aromatic heterocycles. The van der Waals surface area contributed by atoms with Crippen molar-refractivity contribution >= 4 is 11.7 Å². The van der Waals surface area contributed by atoms with Crippen molar-refractivity contribution in [2.45, 2.75) is 12.3 Å². The monoisotopic (exact) mass is 401 g/mol. The number of hydrogen-bond acceptors (Lipinski definition) is 5. The second-order valence-electron chi connectivity index (χ2n) is 7.17. The standard InChI is InChI=1S/C25H23NO4/c1-28-20-12-8-17(9-13-20)22-16-23(22)24(18-6-4-3-5-7-18)26-30-25(27)19-10-14-21(29-2)15-11-19/h3-15,22-23H,16H2,1-2H3. The number of benzene rings is 3. The molecule has 1 fully saturated rings. The van der Waals surface area contributed by atoms with Crippen molar-refractivity contribution in [1.82, 2.24) is 0 Å². The number of carbonyl (C=O) groups is 1. The summed E-state index contributed by atoms with van der Waals surface area (Å²) in [4.78, 5) is 17.8. The van der Waals surface area contributed by atoms with Gasteiger partial charge in [-0.05, 0) is 59.9 Å². The molecule has 3 aromatic carbocycles. The Morgan fingerprint density at radius 2 is 1.40 bits per heavy atom. The van der Waals surface area contributed by atoms with Gasteiger partial charge in [0.15, 0.2) is 0 Å². The fourth-order valence-electron chi connectivity index (χ4n) is 3.53. The Hall–Kier alpha value is -3.60. The van der Waals surface area contributed by atoms with Crippen LogP contribution in [0.2, 0.25) is 0 Å². The Balaban J connectivity index is 1.54. The van der Waals surface area contributed by atoms with Crippen LogP contribution in [0.5, 0.6) is 11.5 Å². The molecule has 2 unspecified atom stereocenters. The SMILES string of the molecule is COc1ccc(C(=O)ON=C(c2ccccc2)C2CC2c2ccc(OC)cc2)cc1. The third kappa shape index (κ3) is 4.35. The van der Waals surface area contributed by atoms with E-state index in [1.807, 2.05) is 42.5 Å². The maximum Gasteiger partial charge on any atom is 0.365 e. The zero-order valence-electron chi connectivity index (χ0n) is 16.9. The molecule has 4 rings (SSSR count). The second-order valence-corrected chi connectivity index (χ2v) is 7.17. The van der Waals surface area contributed by atoms with Crippen molar-refractivity contribution in [3.8, 4) is 11.5 Å². The fourth-order valence-corrected chi connectivity index (χ4v) is 3.53. The van der Waals surface area contributed by atoms with E-state index in [4.69, 9.17) is 14.3 Å². The van der Waals surface area contributed by atoms with E-state index < -0.39 is 5.97 Å². The molecule has 5 nitrogen and oxygen atoms in total. The van der Waals surface area contributed by atoms with E-state index in [1.165, 1.54) is 5.56 Å². The Morgan fingerprint density at radius 1 is 0.800 bits per heavy atom. The van der Waals surface area contributed by atoms with E-state index in [9.17, 15) is 4.79 Å². The minimum absolute atomic E-state index is 0.199. The van der Waals surface area contributed by atoms with Gasteiger partial charge in [-0.25, -0.2) is 4.79 Å². The number of hydrogen-bond donors (Lipinski definition) is 0. The normalized spacial score (nSPS) is 17.9. The van der Waals surface area contributed by atoms with Gasteiger partial charge in [-0.1, -0.05) is 47.6 Å². The molecule has 5 heteroatoms. The van der Waals surface area contributed by atoms with Crippen LogP contribution < -0.4 is 9.47 Å². The maximum absolute atomic E-state index is 12.5. The number of methoxy groups -OCH3 is 2. The summed E-state index contributed by atoms with van der Waals surface area (Å²) in [6, 6.07) is 24.7. The summed E-state index contributed by atoms with van der Waals surface area (Å²) in [6.45, 7) is 0. The minimum Gasteiger partial charge on any atom is -0.497 e. The molecule has 0 bridgehead atoms. The molecule has 0 heterocycles. The summed E-state index contributed by atoms with van der Waals surface area (Å²) in [5.41, 5.74) is 3.40. The van der Waals surface area contributed by atoms with Crippen LogP contribution in [0.1, 0.15) is 33.8 Å². The largest absolute Gasteiger partial charge is 0.497 e. The first-order valence-corrected chi connectivity index (χ1v) is 9.82. The molecular formula is C25H23NO4. The van der Waals surface area contributed by atoms with Gasteiger partial charge in [0, 0.05) is 5.92 Å². The summed E-state index contributed by atoms with van der Waals surface area (Å²) in [5.74, 6) is 1.56. The fraction of sp³-hybridized carbons (Fsp3) is 0.200. The van der Waals surface area contributed by atoms with Crippen molar-refractivity contribution in [2.75, 3.05) is 14.2 Å². The number of carbonyl (C=O) groups excluding carboxylic acids is 1. The van der Waals surface area contributed by atoms with Gasteiger partial charge in [-0.3, -0.25) is 0 Å². The number of nitrogens with zero attached hydrogens (tertiary/aromatic N) is 1. The van der Waals surface area contributed by atoms with Gasteiger partial charge in [0.2, 0.25) is 0 Å². The molecule has 1 saturated carbocycles. The van der Waals surface area contributed by atoms with Crippen LogP contribution >= 0.6 is 0 Å². The van der Waals surface area contributed by atoms with Gasteiger partial charge in [0.05, 0.1) is 25.5 Å². The van der Waals surface area contributed by atoms with Crippen LogP contribution in [0.15, 0.2) is 84.0 Å². The first-order chi connectivity index (χ1) is 14.7. The highest BCUT2D eigenvalue weighted by Gasteiger charge is 2.43. The van der Waals surface area contributed by atoms with Crippen molar-refractivity contribution in [3.05, 3.63) is 95.6 Å². The van der Waals surface area contributed by atoms with Gasteiger partial charge in [-0.15, -0.1) is 0 Å². The lowest BCUT2D eigenvalue weighted by atomic mass is 10.0. The van der Waals surface area contributed by atoms with E-state index >= 15 is 0 Å². The molecule has 0 amide bonds. The zero-order chi connectivity index (χ0) is 20.9. The lowest BCUT2D eigenvalue weighted by Gasteiger charge is -2.08. The summed E-state index contributed by atoms with van der Waals surface area (Å²) in [5, 5.41) is 4.30. The van der Waals surface area contributed by atoms with Crippen molar-refractivity contribution in [2.24, 2.45) is 11.1 Å². The van der Waals surface area contributed by atoms with Crippen LogP contribution in [0.4, 0.5) is 0 Å². The van der Waals surface area contributed by atoms with E-state index in [1.54, 1.807) is 38.5 Å². The third-order valence-electron chi connectivity index (χ3n) is 5.31. The molecule has 3 aromatic rings. The average Bonchev–Trinajstić information content (AvgIpc) is 3.60. The van der Waals surface area contributed by atoms with Gasteiger partial charge in [0.25, 0.3) is 0 Å². The summed E-state index contributed by atoms with van der Waals surface area (Å²) < 4.78 is 10.4. The molecule has 2 atom stereocenters. The van der Waals surface area contributed by atoms with Crippen LogP contribution in [-0.4, -0.2) is 25.9 Å². The first kappa shape index (κ1) is 19.7. The number of oxime groups is 1. The van der Waals surface area contributed by atoms with Crippen molar-refractivity contribution < 1.29 is 19.1 Å². The highest BCUT2D eigenvalue weighted by molar-refractivity contribution is 6.04.